The lowest BCUT2D eigenvalue weighted by molar-refractivity contribution is -0.140. The van der Waals surface area contributed by atoms with Crippen molar-refractivity contribution in [3.8, 4) is 0 Å². The Bertz CT molecular complexity index is 406. The quantitative estimate of drug-likeness (QED) is 0.907. The van der Waals surface area contributed by atoms with Crippen molar-refractivity contribution in [3.05, 3.63) is 28.2 Å². The molecule has 4 heteroatoms. The van der Waals surface area contributed by atoms with Gasteiger partial charge in [-0.1, -0.05) is 28.9 Å². The number of carboxylic acid groups (broad SMARTS) is 1. The van der Waals surface area contributed by atoms with Crippen LogP contribution in [0.15, 0.2) is 22.7 Å². The van der Waals surface area contributed by atoms with Gasteiger partial charge in [-0.2, -0.15) is 0 Å². The summed E-state index contributed by atoms with van der Waals surface area (Å²) in [6.07, 6.45) is 0. The maximum atomic E-state index is 10.9. The molecule has 3 nitrogen and oxygen atoms in total. The van der Waals surface area contributed by atoms with Gasteiger partial charge in [-0.15, -0.1) is 0 Å². The molecule has 0 aliphatic heterocycles. The predicted molar refractivity (Wildman–Crippen MR) is 73.6 cm³/mol. The minimum absolute atomic E-state index is 0.366. The number of halogens is 1. The van der Waals surface area contributed by atoms with Crippen molar-refractivity contribution in [2.24, 2.45) is 5.92 Å². The van der Waals surface area contributed by atoms with E-state index in [9.17, 15) is 4.79 Å². The van der Waals surface area contributed by atoms with Gasteiger partial charge in [-0.25, -0.2) is 0 Å². The van der Waals surface area contributed by atoms with Crippen LogP contribution >= 0.6 is 15.9 Å². The third kappa shape index (κ3) is 3.73. The van der Waals surface area contributed by atoms with E-state index in [1.54, 1.807) is 6.92 Å². The fraction of sp³-hybridized carbons (Fsp3) is 0.462. The Morgan fingerprint density at radius 2 is 2.18 bits per heavy atom. The molecule has 1 atom stereocenters. The van der Waals surface area contributed by atoms with E-state index in [1.165, 1.54) is 5.56 Å². The van der Waals surface area contributed by atoms with Crippen LogP contribution < -0.4 is 4.90 Å². The molecule has 0 aliphatic carbocycles. The lowest BCUT2D eigenvalue weighted by atomic mass is 10.1. The molecule has 0 amide bonds. The zero-order valence-corrected chi connectivity index (χ0v) is 12.0. The van der Waals surface area contributed by atoms with Crippen molar-refractivity contribution < 1.29 is 9.90 Å². The first-order valence-corrected chi connectivity index (χ1v) is 6.49. The van der Waals surface area contributed by atoms with Gasteiger partial charge >= 0.3 is 5.97 Å². The SMILES string of the molecule is CCN(CC(C)C(=O)O)c1ccc(C)c(Br)c1. The summed E-state index contributed by atoms with van der Waals surface area (Å²) < 4.78 is 1.05. The van der Waals surface area contributed by atoms with Crippen LogP contribution in [0.3, 0.4) is 0 Å². The number of hydrogen-bond donors (Lipinski definition) is 1. The second-order valence-electron chi connectivity index (χ2n) is 4.21. The average Bonchev–Trinajstić information content (AvgIpc) is 2.29. The second-order valence-corrected chi connectivity index (χ2v) is 5.07. The molecule has 1 aromatic carbocycles. The number of aryl methyl sites for hydroxylation is 1. The number of hydrogen-bond acceptors (Lipinski definition) is 2. The smallest absolute Gasteiger partial charge is 0.308 e. The molecule has 0 radical (unpaired) electrons. The normalized spacial score (nSPS) is 12.2. The van der Waals surface area contributed by atoms with Crippen LogP contribution in [0, 0.1) is 12.8 Å². The third-order valence-electron chi connectivity index (χ3n) is 2.82. The van der Waals surface area contributed by atoms with Crippen molar-refractivity contribution in [3.63, 3.8) is 0 Å². The van der Waals surface area contributed by atoms with Crippen LogP contribution in [-0.4, -0.2) is 24.2 Å². The fourth-order valence-corrected chi connectivity index (χ4v) is 1.97. The van der Waals surface area contributed by atoms with E-state index < -0.39 is 5.97 Å². The molecule has 0 aliphatic rings. The molecular formula is C13H18BrNO2. The van der Waals surface area contributed by atoms with Crippen molar-refractivity contribution in [1.29, 1.82) is 0 Å². The molecule has 0 fully saturated rings. The number of benzene rings is 1. The number of rotatable bonds is 5. The summed E-state index contributed by atoms with van der Waals surface area (Å²) >= 11 is 3.50. The number of aliphatic carboxylic acids is 1. The molecule has 1 rings (SSSR count). The first-order valence-electron chi connectivity index (χ1n) is 5.69. The van der Waals surface area contributed by atoms with Gasteiger partial charge in [0.05, 0.1) is 5.92 Å². The van der Waals surface area contributed by atoms with Gasteiger partial charge in [-0.3, -0.25) is 4.79 Å². The highest BCUT2D eigenvalue weighted by molar-refractivity contribution is 9.10. The molecule has 0 saturated carbocycles. The second kappa shape index (κ2) is 6.05. The van der Waals surface area contributed by atoms with Crippen molar-refractivity contribution in [2.75, 3.05) is 18.0 Å². The number of carboxylic acids is 1. The van der Waals surface area contributed by atoms with Crippen LogP contribution in [0.4, 0.5) is 5.69 Å². The highest BCUT2D eigenvalue weighted by Gasteiger charge is 2.15. The Morgan fingerprint density at radius 3 is 2.65 bits per heavy atom. The highest BCUT2D eigenvalue weighted by Crippen LogP contribution is 2.24. The molecule has 0 aromatic heterocycles. The summed E-state index contributed by atoms with van der Waals surface area (Å²) in [5.41, 5.74) is 2.23. The topological polar surface area (TPSA) is 40.5 Å². The summed E-state index contributed by atoms with van der Waals surface area (Å²) in [7, 11) is 0. The number of nitrogens with zero attached hydrogens (tertiary/aromatic N) is 1. The predicted octanol–water partition coefficient (Wildman–Crippen LogP) is 3.30. The van der Waals surface area contributed by atoms with Crippen LogP contribution in [0.1, 0.15) is 19.4 Å². The molecule has 1 unspecified atom stereocenters. The lowest BCUT2D eigenvalue weighted by Crippen LogP contribution is -2.31. The van der Waals surface area contributed by atoms with E-state index in [1.807, 2.05) is 32.0 Å². The standard InChI is InChI=1S/C13H18BrNO2/c1-4-15(8-10(3)13(16)17)11-6-5-9(2)12(14)7-11/h5-7,10H,4,8H2,1-3H3,(H,16,17). The molecule has 94 valence electrons. The van der Waals surface area contributed by atoms with E-state index in [0.717, 1.165) is 16.7 Å². The Kier molecular flexibility index (Phi) is 5.00. The number of carbonyl (C=O) groups is 1. The molecule has 0 bridgehead atoms. The Labute approximate surface area is 111 Å². The molecule has 0 saturated heterocycles. The average molecular weight is 300 g/mol. The Hall–Kier alpha value is -1.03. The summed E-state index contributed by atoms with van der Waals surface area (Å²) in [6, 6.07) is 6.10. The minimum Gasteiger partial charge on any atom is -0.481 e. The van der Waals surface area contributed by atoms with Crippen LogP contribution in [0.2, 0.25) is 0 Å². The first kappa shape index (κ1) is 14.0. The maximum absolute atomic E-state index is 10.9. The summed E-state index contributed by atoms with van der Waals surface area (Å²) in [6.45, 7) is 7.12. The largest absolute Gasteiger partial charge is 0.481 e. The number of anilines is 1. The Morgan fingerprint density at radius 1 is 1.53 bits per heavy atom. The lowest BCUT2D eigenvalue weighted by Gasteiger charge is -2.25. The van der Waals surface area contributed by atoms with Crippen LogP contribution in [0.25, 0.3) is 0 Å². The minimum atomic E-state index is -0.755. The summed E-state index contributed by atoms with van der Waals surface area (Å²) in [4.78, 5) is 12.9. The van der Waals surface area contributed by atoms with Crippen molar-refractivity contribution in [1.82, 2.24) is 0 Å². The molecule has 1 aromatic rings. The van der Waals surface area contributed by atoms with E-state index in [4.69, 9.17) is 5.11 Å². The van der Waals surface area contributed by atoms with E-state index in [0.29, 0.717) is 6.54 Å². The maximum Gasteiger partial charge on any atom is 0.308 e. The van der Waals surface area contributed by atoms with Gasteiger partial charge in [0.25, 0.3) is 0 Å². The van der Waals surface area contributed by atoms with Gasteiger partial charge < -0.3 is 10.0 Å². The molecule has 0 heterocycles. The zero-order chi connectivity index (χ0) is 13.0. The molecule has 1 N–H and O–H groups in total. The monoisotopic (exact) mass is 299 g/mol. The van der Waals surface area contributed by atoms with E-state index in [2.05, 4.69) is 20.8 Å². The Balaban J connectivity index is 2.86. The highest BCUT2D eigenvalue weighted by atomic mass is 79.9. The summed E-state index contributed by atoms with van der Waals surface area (Å²) in [5.74, 6) is -1.12. The van der Waals surface area contributed by atoms with E-state index in [-0.39, 0.29) is 5.92 Å². The summed E-state index contributed by atoms with van der Waals surface area (Å²) in [5, 5.41) is 8.94. The third-order valence-corrected chi connectivity index (χ3v) is 3.67. The van der Waals surface area contributed by atoms with Crippen LogP contribution in [-0.2, 0) is 4.79 Å². The fourth-order valence-electron chi connectivity index (χ4n) is 1.60. The van der Waals surface area contributed by atoms with Gasteiger partial charge in [0.15, 0.2) is 0 Å². The van der Waals surface area contributed by atoms with Gasteiger partial charge in [0.2, 0.25) is 0 Å². The molecule has 0 spiro atoms. The first-order chi connectivity index (χ1) is 7.95. The van der Waals surface area contributed by atoms with Crippen molar-refractivity contribution in [2.45, 2.75) is 20.8 Å². The van der Waals surface area contributed by atoms with E-state index >= 15 is 0 Å². The van der Waals surface area contributed by atoms with Gasteiger partial charge in [0.1, 0.15) is 0 Å². The van der Waals surface area contributed by atoms with Gasteiger partial charge in [-0.05, 0) is 31.5 Å². The van der Waals surface area contributed by atoms with Gasteiger partial charge in [0, 0.05) is 23.2 Å². The van der Waals surface area contributed by atoms with Crippen LogP contribution in [0.5, 0.6) is 0 Å². The van der Waals surface area contributed by atoms with Crippen molar-refractivity contribution >= 4 is 27.6 Å². The molecule has 17 heavy (non-hydrogen) atoms. The zero-order valence-electron chi connectivity index (χ0n) is 10.4. The molecular weight excluding hydrogens is 282 g/mol.